The Morgan fingerprint density at radius 1 is 1.09 bits per heavy atom. The molecule has 0 atom stereocenters. The van der Waals surface area contributed by atoms with Crippen LogP contribution in [0.15, 0.2) is 24.3 Å². The zero-order valence-electron chi connectivity index (χ0n) is 12.9. The number of methoxy groups -OCH3 is 1. The Kier molecular flexibility index (Phi) is 9.37. The summed E-state index contributed by atoms with van der Waals surface area (Å²) in [6.45, 7) is 1.24. The molecule has 0 fully saturated rings. The highest BCUT2D eigenvalue weighted by atomic mass is 16.7. The molecule has 1 rings (SSSR count). The quantitative estimate of drug-likeness (QED) is 0.368. The molecule has 1 aromatic carbocycles. The third-order valence-corrected chi connectivity index (χ3v) is 2.59. The van der Waals surface area contributed by atoms with Gasteiger partial charge in [0, 0.05) is 19.2 Å². The number of hydrogen-bond donors (Lipinski definition) is 2. The van der Waals surface area contributed by atoms with Gasteiger partial charge in [-0.15, -0.1) is 0 Å². The lowest BCUT2D eigenvalue weighted by Gasteiger charge is -2.07. The fraction of sp³-hybridized carbons (Fsp3) is 0.467. The average Bonchev–Trinajstić information content (AvgIpc) is 2.55. The molecule has 0 radical (unpaired) electrons. The lowest BCUT2D eigenvalue weighted by molar-refractivity contribution is 0.0685. The van der Waals surface area contributed by atoms with Crippen molar-refractivity contribution in [3.63, 3.8) is 0 Å². The molecule has 1 amide bonds. The van der Waals surface area contributed by atoms with Crippen molar-refractivity contribution in [1.82, 2.24) is 5.32 Å². The van der Waals surface area contributed by atoms with Crippen molar-refractivity contribution in [3.05, 3.63) is 29.8 Å². The predicted molar refractivity (Wildman–Crippen MR) is 80.5 cm³/mol. The Balaban J connectivity index is 2.34. The second-order valence-corrected chi connectivity index (χ2v) is 4.31. The summed E-state index contributed by atoms with van der Waals surface area (Å²) in [6, 6.07) is 6.05. The van der Waals surface area contributed by atoms with E-state index >= 15 is 0 Å². The largest absolute Gasteiger partial charge is 0.513 e. The van der Waals surface area contributed by atoms with Crippen molar-refractivity contribution in [1.29, 1.82) is 0 Å². The van der Waals surface area contributed by atoms with Gasteiger partial charge in [-0.25, -0.2) is 4.79 Å². The number of amides is 1. The van der Waals surface area contributed by atoms with Gasteiger partial charge in [0.25, 0.3) is 5.91 Å². The zero-order chi connectivity index (χ0) is 16.9. The second-order valence-electron chi connectivity index (χ2n) is 4.31. The smallest absolute Gasteiger partial charge is 0.432 e. The first kappa shape index (κ1) is 18.9. The number of carbonyl (C=O) groups is 2. The molecule has 8 nitrogen and oxygen atoms in total. The third kappa shape index (κ3) is 8.15. The number of aliphatic hydroxyl groups excluding tert-OH is 1. The molecule has 23 heavy (non-hydrogen) atoms. The second kappa shape index (κ2) is 11.4. The van der Waals surface area contributed by atoms with Crippen LogP contribution >= 0.6 is 0 Å². The molecule has 0 bridgehead atoms. The van der Waals surface area contributed by atoms with Crippen LogP contribution in [0.25, 0.3) is 0 Å². The van der Waals surface area contributed by atoms with Crippen LogP contribution in [0.3, 0.4) is 0 Å². The summed E-state index contributed by atoms with van der Waals surface area (Å²) in [5.41, 5.74) is 0.423. The van der Waals surface area contributed by atoms with Gasteiger partial charge in [0.15, 0.2) is 0 Å². The van der Waals surface area contributed by atoms with Crippen LogP contribution in [0.2, 0.25) is 0 Å². The first-order chi connectivity index (χ1) is 11.2. The maximum Gasteiger partial charge on any atom is 0.513 e. The Hall–Kier alpha value is -2.16. The minimum absolute atomic E-state index is 0.0523. The van der Waals surface area contributed by atoms with Gasteiger partial charge in [0.05, 0.1) is 26.4 Å². The topological polar surface area (TPSA) is 103 Å². The molecule has 0 saturated carbocycles. The molecule has 2 N–H and O–H groups in total. The molecule has 0 heterocycles. The van der Waals surface area contributed by atoms with Gasteiger partial charge in [0.1, 0.15) is 12.4 Å². The highest BCUT2D eigenvalue weighted by molar-refractivity contribution is 5.94. The molecular weight excluding hydrogens is 306 g/mol. The number of benzene rings is 1. The molecule has 128 valence electrons. The first-order valence-electron chi connectivity index (χ1n) is 7.07. The molecule has 0 unspecified atom stereocenters. The maximum absolute atomic E-state index is 11.8. The standard InChI is InChI=1S/C15H21NO7/c1-20-10-11-22-15(19)23-13-4-2-12(3-5-13)14(18)16-6-8-21-9-7-17/h2-5,17H,6-11H2,1H3,(H,16,18). The Labute approximate surface area is 134 Å². The average molecular weight is 327 g/mol. The van der Waals surface area contributed by atoms with Crippen LogP contribution in [0, 0.1) is 0 Å². The van der Waals surface area contributed by atoms with Gasteiger partial charge >= 0.3 is 6.16 Å². The van der Waals surface area contributed by atoms with Crippen LogP contribution in [0.4, 0.5) is 4.79 Å². The van der Waals surface area contributed by atoms with Crippen molar-refractivity contribution in [2.75, 3.05) is 46.7 Å². The number of hydrogen-bond acceptors (Lipinski definition) is 7. The van der Waals surface area contributed by atoms with Crippen LogP contribution in [0.1, 0.15) is 10.4 Å². The minimum Gasteiger partial charge on any atom is -0.432 e. The SMILES string of the molecule is COCCOC(=O)Oc1ccc(C(=O)NCCOCCO)cc1. The molecule has 0 spiro atoms. The number of rotatable bonds is 10. The highest BCUT2D eigenvalue weighted by Crippen LogP contribution is 2.12. The Bertz CT molecular complexity index is 475. The Morgan fingerprint density at radius 3 is 2.48 bits per heavy atom. The van der Waals surface area contributed by atoms with Gasteiger partial charge in [-0.2, -0.15) is 0 Å². The normalized spacial score (nSPS) is 10.2. The van der Waals surface area contributed by atoms with Crippen molar-refractivity contribution in [2.24, 2.45) is 0 Å². The van der Waals surface area contributed by atoms with Gasteiger partial charge < -0.3 is 29.4 Å². The Morgan fingerprint density at radius 2 is 1.83 bits per heavy atom. The summed E-state index contributed by atoms with van der Waals surface area (Å²) in [5, 5.41) is 11.2. The van der Waals surface area contributed by atoms with E-state index in [9.17, 15) is 9.59 Å². The summed E-state index contributed by atoms with van der Waals surface area (Å²) in [7, 11) is 1.50. The van der Waals surface area contributed by atoms with E-state index < -0.39 is 6.16 Å². The third-order valence-electron chi connectivity index (χ3n) is 2.59. The van der Waals surface area contributed by atoms with E-state index in [1.807, 2.05) is 0 Å². The number of aliphatic hydroxyl groups is 1. The van der Waals surface area contributed by atoms with Gasteiger partial charge in [-0.3, -0.25) is 4.79 Å². The molecular formula is C15H21NO7. The highest BCUT2D eigenvalue weighted by Gasteiger charge is 2.08. The van der Waals surface area contributed by atoms with E-state index in [1.165, 1.54) is 31.4 Å². The molecule has 0 aliphatic heterocycles. The lowest BCUT2D eigenvalue weighted by atomic mass is 10.2. The summed E-state index contributed by atoms with van der Waals surface area (Å²) < 4.78 is 19.4. The molecule has 1 aromatic rings. The lowest BCUT2D eigenvalue weighted by Crippen LogP contribution is -2.27. The molecule has 0 aromatic heterocycles. The van der Waals surface area contributed by atoms with E-state index in [2.05, 4.69) is 5.32 Å². The molecule has 0 aliphatic rings. The molecule has 8 heteroatoms. The first-order valence-corrected chi connectivity index (χ1v) is 7.07. The molecule has 0 aliphatic carbocycles. The summed E-state index contributed by atoms with van der Waals surface area (Å²) in [6.07, 6.45) is -0.833. The van der Waals surface area contributed by atoms with E-state index in [0.29, 0.717) is 18.7 Å². The maximum atomic E-state index is 11.8. The van der Waals surface area contributed by atoms with Crippen molar-refractivity contribution >= 4 is 12.1 Å². The molecule has 0 saturated heterocycles. The summed E-state index contributed by atoms with van der Waals surface area (Å²) in [5.74, 6) is 0.00191. The van der Waals surface area contributed by atoms with E-state index in [1.54, 1.807) is 0 Å². The van der Waals surface area contributed by atoms with Crippen LogP contribution < -0.4 is 10.1 Å². The van der Waals surface area contributed by atoms with Crippen molar-refractivity contribution in [3.8, 4) is 5.75 Å². The number of nitrogens with one attached hydrogen (secondary N) is 1. The number of ether oxygens (including phenoxy) is 4. The van der Waals surface area contributed by atoms with E-state index in [-0.39, 0.29) is 38.1 Å². The van der Waals surface area contributed by atoms with Crippen LogP contribution in [-0.2, 0) is 14.2 Å². The van der Waals surface area contributed by atoms with Gasteiger partial charge in [0.2, 0.25) is 0 Å². The fourth-order valence-electron chi connectivity index (χ4n) is 1.51. The van der Waals surface area contributed by atoms with Gasteiger partial charge in [-0.1, -0.05) is 0 Å². The predicted octanol–water partition coefficient (Wildman–Crippen LogP) is 0.587. The summed E-state index contributed by atoms with van der Waals surface area (Å²) in [4.78, 5) is 23.1. The fourth-order valence-corrected chi connectivity index (χ4v) is 1.51. The minimum atomic E-state index is -0.833. The van der Waals surface area contributed by atoms with Crippen molar-refractivity contribution in [2.45, 2.75) is 0 Å². The van der Waals surface area contributed by atoms with Crippen LogP contribution in [0.5, 0.6) is 5.75 Å². The van der Waals surface area contributed by atoms with Crippen LogP contribution in [-0.4, -0.2) is 63.9 Å². The summed E-state index contributed by atoms with van der Waals surface area (Å²) >= 11 is 0. The van der Waals surface area contributed by atoms with Crippen molar-refractivity contribution < 1.29 is 33.6 Å². The zero-order valence-corrected chi connectivity index (χ0v) is 12.9. The van der Waals surface area contributed by atoms with E-state index in [0.717, 1.165) is 0 Å². The number of carbonyl (C=O) groups excluding carboxylic acids is 2. The van der Waals surface area contributed by atoms with Gasteiger partial charge in [-0.05, 0) is 24.3 Å². The monoisotopic (exact) mass is 327 g/mol. The van der Waals surface area contributed by atoms with E-state index in [4.69, 9.17) is 24.1 Å².